The zero-order valence-electron chi connectivity index (χ0n) is 13.0. The van der Waals surface area contributed by atoms with Gasteiger partial charge in [0.05, 0.1) is 13.0 Å². The molecule has 0 aromatic carbocycles. The molecule has 2 aliphatic rings. The highest BCUT2D eigenvalue weighted by molar-refractivity contribution is 5.79. The molecule has 2 heterocycles. The molecular weight excluding hydrogens is 268 g/mol. The normalized spacial score (nSPS) is 21.7. The fourth-order valence-corrected chi connectivity index (χ4v) is 3.57. The average Bonchev–Trinajstić information content (AvgIpc) is 2.49. The summed E-state index contributed by atoms with van der Waals surface area (Å²) < 4.78 is 4.96. The second kappa shape index (κ2) is 7.07. The lowest BCUT2D eigenvalue weighted by molar-refractivity contribution is -0.146. The Morgan fingerprint density at radius 2 is 2.10 bits per heavy atom. The molecule has 2 amide bonds. The highest BCUT2D eigenvalue weighted by Gasteiger charge is 2.44. The van der Waals surface area contributed by atoms with Crippen molar-refractivity contribution in [1.29, 1.82) is 0 Å². The summed E-state index contributed by atoms with van der Waals surface area (Å²) in [6.07, 6.45) is 6.67. The summed E-state index contributed by atoms with van der Waals surface area (Å²) >= 11 is 0. The lowest BCUT2D eigenvalue weighted by atomic mass is 9.78. The van der Waals surface area contributed by atoms with Crippen molar-refractivity contribution in [2.45, 2.75) is 44.1 Å². The molecule has 0 aliphatic carbocycles. The number of hydrogen-bond acceptors (Lipinski definition) is 3. The minimum absolute atomic E-state index is 0.0540. The fraction of sp³-hybridized carbons (Fsp3) is 0.750. The van der Waals surface area contributed by atoms with Crippen LogP contribution in [0.4, 0.5) is 0 Å². The number of rotatable bonds is 5. The molecule has 2 aliphatic heterocycles. The molecule has 0 radical (unpaired) electrons. The van der Waals surface area contributed by atoms with E-state index in [9.17, 15) is 9.59 Å². The predicted octanol–water partition coefficient (Wildman–Crippen LogP) is 1.58. The molecule has 0 bridgehead atoms. The molecule has 0 unspecified atom stereocenters. The van der Waals surface area contributed by atoms with Crippen LogP contribution in [0.25, 0.3) is 0 Å². The highest BCUT2D eigenvalue weighted by atomic mass is 16.5. The van der Waals surface area contributed by atoms with Crippen molar-refractivity contribution in [3.63, 3.8) is 0 Å². The summed E-state index contributed by atoms with van der Waals surface area (Å²) in [6, 6.07) is 0. The second-order valence-corrected chi connectivity index (χ2v) is 5.99. The van der Waals surface area contributed by atoms with E-state index in [-0.39, 0.29) is 17.4 Å². The molecule has 0 saturated carbocycles. The average molecular weight is 294 g/mol. The van der Waals surface area contributed by atoms with E-state index in [1.165, 1.54) is 0 Å². The summed E-state index contributed by atoms with van der Waals surface area (Å²) in [4.78, 5) is 28.2. The van der Waals surface area contributed by atoms with Crippen molar-refractivity contribution in [2.24, 2.45) is 0 Å². The first-order valence-electron chi connectivity index (χ1n) is 7.81. The number of ether oxygens (including phenoxy) is 1. The first-order valence-corrected chi connectivity index (χ1v) is 7.81. The standard InChI is InChI=1S/C16H26N2O3/c1-3-10-18-15(20)5-4-7-16(18)8-11-17(12-9-16)14(19)6-13-21-2/h3H,1,4-13H2,2H3. The molecule has 5 heteroatoms. The van der Waals surface area contributed by atoms with Gasteiger partial charge in [0.1, 0.15) is 0 Å². The minimum atomic E-state index is -0.0540. The predicted molar refractivity (Wildman–Crippen MR) is 80.8 cm³/mol. The van der Waals surface area contributed by atoms with Gasteiger partial charge in [0.15, 0.2) is 0 Å². The molecule has 2 rings (SSSR count). The number of hydrogen-bond donors (Lipinski definition) is 0. The Kier molecular flexibility index (Phi) is 5.39. The highest BCUT2D eigenvalue weighted by Crippen LogP contribution is 2.37. The molecule has 118 valence electrons. The number of piperidine rings is 2. The van der Waals surface area contributed by atoms with Gasteiger partial charge >= 0.3 is 0 Å². The van der Waals surface area contributed by atoms with Gasteiger partial charge in [-0.05, 0) is 25.7 Å². The molecule has 0 aromatic rings. The Bertz CT molecular complexity index is 400. The van der Waals surface area contributed by atoms with Crippen molar-refractivity contribution in [2.75, 3.05) is 33.4 Å². The molecule has 0 aromatic heterocycles. The van der Waals surface area contributed by atoms with E-state index in [1.807, 2.05) is 9.80 Å². The van der Waals surface area contributed by atoms with Gasteiger partial charge in [-0.2, -0.15) is 0 Å². The van der Waals surface area contributed by atoms with E-state index in [0.29, 0.717) is 26.0 Å². The number of methoxy groups -OCH3 is 1. The SMILES string of the molecule is C=CCN1C(=O)CCCC12CCN(C(=O)CCOC)CC2. The van der Waals surface area contributed by atoms with Crippen molar-refractivity contribution in [3.8, 4) is 0 Å². The third kappa shape index (κ3) is 3.46. The number of nitrogens with zero attached hydrogens (tertiary/aromatic N) is 2. The van der Waals surface area contributed by atoms with Gasteiger partial charge in [-0.3, -0.25) is 9.59 Å². The van der Waals surface area contributed by atoms with Crippen LogP contribution in [0.1, 0.15) is 38.5 Å². The van der Waals surface area contributed by atoms with Crippen molar-refractivity contribution < 1.29 is 14.3 Å². The van der Waals surface area contributed by atoms with Crippen LogP contribution in [0.2, 0.25) is 0 Å². The Morgan fingerprint density at radius 1 is 1.38 bits per heavy atom. The van der Waals surface area contributed by atoms with Crippen LogP contribution >= 0.6 is 0 Å². The second-order valence-electron chi connectivity index (χ2n) is 5.99. The summed E-state index contributed by atoms with van der Waals surface area (Å²) in [7, 11) is 1.61. The summed E-state index contributed by atoms with van der Waals surface area (Å²) in [5.41, 5.74) is -0.0540. The number of likely N-dealkylation sites (tertiary alicyclic amines) is 2. The maximum Gasteiger partial charge on any atom is 0.224 e. The summed E-state index contributed by atoms with van der Waals surface area (Å²) in [5.74, 6) is 0.393. The molecular formula is C16H26N2O3. The molecule has 2 saturated heterocycles. The molecule has 0 atom stereocenters. The molecule has 1 spiro atoms. The van der Waals surface area contributed by atoms with Gasteiger partial charge in [0.2, 0.25) is 11.8 Å². The summed E-state index contributed by atoms with van der Waals surface area (Å²) in [6.45, 7) is 6.35. The van der Waals surface area contributed by atoms with E-state index >= 15 is 0 Å². The Balaban J connectivity index is 1.98. The van der Waals surface area contributed by atoms with Crippen LogP contribution in [0.15, 0.2) is 12.7 Å². The minimum Gasteiger partial charge on any atom is -0.384 e. The van der Waals surface area contributed by atoms with Crippen molar-refractivity contribution in [3.05, 3.63) is 12.7 Å². The van der Waals surface area contributed by atoms with Crippen LogP contribution < -0.4 is 0 Å². The van der Waals surface area contributed by atoms with Crippen molar-refractivity contribution >= 4 is 11.8 Å². The van der Waals surface area contributed by atoms with Gasteiger partial charge in [0, 0.05) is 38.7 Å². The largest absolute Gasteiger partial charge is 0.384 e. The van der Waals surface area contributed by atoms with Crippen LogP contribution in [0.5, 0.6) is 0 Å². The molecule has 0 N–H and O–H groups in total. The number of carbonyl (C=O) groups is 2. The maximum atomic E-state index is 12.2. The fourth-order valence-electron chi connectivity index (χ4n) is 3.57. The van der Waals surface area contributed by atoms with Gasteiger partial charge in [0.25, 0.3) is 0 Å². The van der Waals surface area contributed by atoms with Crippen LogP contribution in [0.3, 0.4) is 0 Å². The topological polar surface area (TPSA) is 49.9 Å². The quantitative estimate of drug-likeness (QED) is 0.723. The summed E-state index contributed by atoms with van der Waals surface area (Å²) in [5, 5.41) is 0. The van der Waals surface area contributed by atoms with E-state index in [2.05, 4.69) is 6.58 Å². The van der Waals surface area contributed by atoms with Gasteiger partial charge in [-0.15, -0.1) is 6.58 Å². The van der Waals surface area contributed by atoms with E-state index in [4.69, 9.17) is 4.74 Å². The van der Waals surface area contributed by atoms with Crippen LogP contribution in [-0.2, 0) is 14.3 Å². The number of amides is 2. The maximum absolute atomic E-state index is 12.2. The zero-order valence-corrected chi connectivity index (χ0v) is 13.0. The van der Waals surface area contributed by atoms with E-state index in [1.54, 1.807) is 13.2 Å². The van der Waals surface area contributed by atoms with E-state index in [0.717, 1.165) is 38.8 Å². The van der Waals surface area contributed by atoms with Crippen LogP contribution in [-0.4, -0.2) is 60.5 Å². The lowest BCUT2D eigenvalue weighted by Gasteiger charge is -2.51. The first-order chi connectivity index (χ1) is 10.1. The smallest absolute Gasteiger partial charge is 0.224 e. The van der Waals surface area contributed by atoms with E-state index < -0.39 is 0 Å². The van der Waals surface area contributed by atoms with Gasteiger partial charge in [-0.25, -0.2) is 0 Å². The molecule has 2 fully saturated rings. The molecule has 21 heavy (non-hydrogen) atoms. The monoisotopic (exact) mass is 294 g/mol. The first kappa shape index (κ1) is 16.0. The Morgan fingerprint density at radius 3 is 2.71 bits per heavy atom. The van der Waals surface area contributed by atoms with Gasteiger partial charge < -0.3 is 14.5 Å². The van der Waals surface area contributed by atoms with Crippen molar-refractivity contribution in [1.82, 2.24) is 9.80 Å². The zero-order chi connectivity index (χ0) is 15.3. The Labute approximate surface area is 126 Å². The lowest BCUT2D eigenvalue weighted by Crippen LogP contribution is -2.60. The number of carbonyl (C=O) groups excluding carboxylic acids is 2. The third-order valence-corrected chi connectivity index (χ3v) is 4.78. The van der Waals surface area contributed by atoms with Crippen LogP contribution in [0, 0.1) is 0 Å². The third-order valence-electron chi connectivity index (χ3n) is 4.78. The Hall–Kier alpha value is -1.36. The van der Waals surface area contributed by atoms with Gasteiger partial charge in [-0.1, -0.05) is 6.08 Å². The molecule has 5 nitrogen and oxygen atoms in total.